The fourth-order valence-electron chi connectivity index (χ4n) is 2.03. The van der Waals surface area contributed by atoms with Gasteiger partial charge in [-0.15, -0.1) is 0 Å². The number of carboxylic acid groups (broad SMARTS) is 1. The maximum absolute atomic E-state index is 10.7. The van der Waals surface area contributed by atoms with Crippen LogP contribution in [0.5, 0.6) is 0 Å². The van der Waals surface area contributed by atoms with Gasteiger partial charge in [-0.3, -0.25) is 0 Å². The van der Waals surface area contributed by atoms with Gasteiger partial charge in [-0.25, -0.2) is 4.79 Å². The van der Waals surface area contributed by atoms with E-state index in [9.17, 15) is 9.90 Å². The normalized spacial score (nSPS) is 23.6. The molecule has 2 rings (SSSR count). The molecule has 1 fully saturated rings. The van der Waals surface area contributed by atoms with E-state index in [1.165, 1.54) is 12.1 Å². The molecule has 1 aliphatic carbocycles. The number of carbonyl (C=O) groups is 1. The van der Waals surface area contributed by atoms with E-state index in [-0.39, 0.29) is 24.0 Å². The standard InChI is InChI=1S/C16H14O4/c17-10-14-13(9-15(14)18)4-2-1-3-11-5-7-12(8-6-11)16(19)20/h5-8,13-15,17-18H,9-10H2,(H,19,20)/t13?,14-,15?/m1/s1. The minimum Gasteiger partial charge on any atom is -0.478 e. The molecule has 0 heterocycles. The molecule has 102 valence electrons. The minimum absolute atomic E-state index is 0.00122. The third-order valence-electron chi connectivity index (χ3n) is 3.38. The third-order valence-corrected chi connectivity index (χ3v) is 3.38. The maximum Gasteiger partial charge on any atom is 0.335 e. The molecule has 1 saturated carbocycles. The fraction of sp³-hybridized carbons (Fsp3) is 0.312. The van der Waals surface area contributed by atoms with Crippen LogP contribution in [0.2, 0.25) is 0 Å². The molecule has 0 aromatic heterocycles. The highest BCUT2D eigenvalue weighted by Gasteiger charge is 2.38. The highest BCUT2D eigenvalue weighted by Crippen LogP contribution is 2.33. The summed E-state index contributed by atoms with van der Waals surface area (Å²) in [6, 6.07) is 6.23. The predicted molar refractivity (Wildman–Crippen MR) is 72.7 cm³/mol. The van der Waals surface area contributed by atoms with E-state index in [2.05, 4.69) is 23.7 Å². The second kappa shape index (κ2) is 6.25. The summed E-state index contributed by atoms with van der Waals surface area (Å²) >= 11 is 0. The number of carboxylic acids is 1. The van der Waals surface area contributed by atoms with E-state index in [0.717, 1.165) is 0 Å². The lowest BCUT2D eigenvalue weighted by Crippen LogP contribution is -2.42. The van der Waals surface area contributed by atoms with Crippen molar-refractivity contribution in [3.8, 4) is 23.7 Å². The summed E-state index contributed by atoms with van der Waals surface area (Å²) in [7, 11) is 0. The van der Waals surface area contributed by atoms with Gasteiger partial charge >= 0.3 is 5.97 Å². The van der Waals surface area contributed by atoms with Crippen molar-refractivity contribution in [1.29, 1.82) is 0 Å². The first-order valence-electron chi connectivity index (χ1n) is 6.25. The monoisotopic (exact) mass is 270 g/mol. The van der Waals surface area contributed by atoms with Gasteiger partial charge in [-0.1, -0.05) is 11.8 Å². The number of aromatic carboxylic acids is 1. The zero-order valence-corrected chi connectivity index (χ0v) is 10.7. The highest BCUT2D eigenvalue weighted by atomic mass is 16.4. The van der Waals surface area contributed by atoms with Crippen LogP contribution in [0.3, 0.4) is 0 Å². The molecule has 20 heavy (non-hydrogen) atoms. The second-order valence-corrected chi connectivity index (χ2v) is 4.66. The lowest BCUT2D eigenvalue weighted by atomic mass is 9.72. The van der Waals surface area contributed by atoms with Crippen LogP contribution in [-0.4, -0.2) is 34.0 Å². The number of aliphatic hydroxyl groups excluding tert-OH is 2. The summed E-state index contributed by atoms with van der Waals surface area (Å²) < 4.78 is 0. The minimum atomic E-state index is -0.970. The zero-order chi connectivity index (χ0) is 14.5. The molecule has 0 radical (unpaired) electrons. The van der Waals surface area contributed by atoms with Crippen molar-refractivity contribution in [3.63, 3.8) is 0 Å². The molecule has 4 nitrogen and oxygen atoms in total. The molecule has 2 unspecified atom stereocenters. The van der Waals surface area contributed by atoms with Crippen LogP contribution < -0.4 is 0 Å². The van der Waals surface area contributed by atoms with Gasteiger partial charge in [0, 0.05) is 24.0 Å². The zero-order valence-electron chi connectivity index (χ0n) is 10.7. The van der Waals surface area contributed by atoms with Crippen molar-refractivity contribution >= 4 is 5.97 Å². The Morgan fingerprint density at radius 2 is 1.95 bits per heavy atom. The third kappa shape index (κ3) is 3.19. The lowest BCUT2D eigenvalue weighted by Gasteiger charge is -2.37. The number of hydrogen-bond donors (Lipinski definition) is 3. The number of rotatable bonds is 2. The number of hydrogen-bond acceptors (Lipinski definition) is 3. The fourth-order valence-corrected chi connectivity index (χ4v) is 2.03. The second-order valence-electron chi connectivity index (χ2n) is 4.66. The quantitative estimate of drug-likeness (QED) is 0.692. The van der Waals surface area contributed by atoms with E-state index < -0.39 is 12.1 Å². The van der Waals surface area contributed by atoms with Crippen LogP contribution in [0.4, 0.5) is 0 Å². The molecule has 0 spiro atoms. The van der Waals surface area contributed by atoms with E-state index in [0.29, 0.717) is 12.0 Å². The Balaban J connectivity index is 1.97. The van der Waals surface area contributed by atoms with Gasteiger partial charge in [0.1, 0.15) is 0 Å². The Hall–Kier alpha value is -2.27. The van der Waals surface area contributed by atoms with Crippen LogP contribution in [-0.2, 0) is 0 Å². The van der Waals surface area contributed by atoms with Crippen LogP contribution in [0.1, 0.15) is 22.3 Å². The summed E-state index contributed by atoms with van der Waals surface area (Å²) in [5, 5.41) is 27.1. The highest BCUT2D eigenvalue weighted by molar-refractivity contribution is 5.87. The van der Waals surface area contributed by atoms with E-state index in [1.807, 2.05) is 0 Å². The van der Waals surface area contributed by atoms with Crippen molar-refractivity contribution in [1.82, 2.24) is 0 Å². The van der Waals surface area contributed by atoms with Crippen molar-refractivity contribution in [2.24, 2.45) is 11.8 Å². The van der Waals surface area contributed by atoms with Crippen LogP contribution in [0.15, 0.2) is 24.3 Å². The number of benzene rings is 1. The summed E-state index contributed by atoms with van der Waals surface area (Å²) in [6.45, 7) is -0.0649. The summed E-state index contributed by atoms with van der Waals surface area (Å²) in [4.78, 5) is 10.7. The van der Waals surface area contributed by atoms with Crippen LogP contribution >= 0.6 is 0 Å². The Bertz CT molecular complexity index is 610. The SMILES string of the molecule is O=C(O)c1ccc(C#CC#CC2CC(O)[C@@H]2CO)cc1. The van der Waals surface area contributed by atoms with Gasteiger partial charge in [0.05, 0.1) is 11.7 Å². The summed E-state index contributed by atoms with van der Waals surface area (Å²) in [5.41, 5.74) is 0.910. The molecule has 1 aromatic carbocycles. The predicted octanol–water partition coefficient (Wildman–Crippen LogP) is 0.729. The van der Waals surface area contributed by atoms with Gasteiger partial charge in [-0.05, 0) is 42.5 Å². The van der Waals surface area contributed by atoms with Crippen molar-refractivity contribution in [2.75, 3.05) is 6.61 Å². The first-order valence-corrected chi connectivity index (χ1v) is 6.25. The Morgan fingerprint density at radius 3 is 2.50 bits per heavy atom. The smallest absolute Gasteiger partial charge is 0.335 e. The summed E-state index contributed by atoms with van der Waals surface area (Å²) in [5.74, 6) is 9.99. The Labute approximate surface area is 117 Å². The molecule has 4 heteroatoms. The molecule has 0 aliphatic heterocycles. The number of aliphatic hydroxyl groups is 2. The van der Waals surface area contributed by atoms with Crippen molar-refractivity contribution in [3.05, 3.63) is 35.4 Å². The molecule has 3 atom stereocenters. The summed E-state index contributed by atoms with van der Waals surface area (Å²) in [6.07, 6.45) is 0.114. The van der Waals surface area contributed by atoms with E-state index in [4.69, 9.17) is 10.2 Å². The first kappa shape index (κ1) is 14.1. The molecular formula is C16H14O4. The molecule has 0 saturated heterocycles. The Morgan fingerprint density at radius 1 is 1.25 bits per heavy atom. The first-order chi connectivity index (χ1) is 9.61. The molecule has 1 aliphatic rings. The van der Waals surface area contributed by atoms with Crippen molar-refractivity contribution < 1.29 is 20.1 Å². The Kier molecular flexibility index (Phi) is 4.42. The maximum atomic E-state index is 10.7. The molecule has 1 aromatic rings. The van der Waals surface area contributed by atoms with Crippen molar-refractivity contribution in [2.45, 2.75) is 12.5 Å². The largest absolute Gasteiger partial charge is 0.478 e. The average Bonchev–Trinajstić information content (AvgIpc) is 2.43. The van der Waals surface area contributed by atoms with E-state index >= 15 is 0 Å². The molecule has 0 bridgehead atoms. The topological polar surface area (TPSA) is 77.8 Å². The van der Waals surface area contributed by atoms with Gasteiger partial charge in [0.25, 0.3) is 0 Å². The molecule has 3 N–H and O–H groups in total. The van der Waals surface area contributed by atoms with Gasteiger partial charge in [0.2, 0.25) is 0 Å². The lowest BCUT2D eigenvalue weighted by molar-refractivity contribution is -0.0372. The molecule has 0 amide bonds. The van der Waals surface area contributed by atoms with Crippen LogP contribution in [0, 0.1) is 35.5 Å². The van der Waals surface area contributed by atoms with Gasteiger partial charge < -0.3 is 15.3 Å². The molecular weight excluding hydrogens is 256 g/mol. The van der Waals surface area contributed by atoms with Gasteiger partial charge in [0.15, 0.2) is 0 Å². The average molecular weight is 270 g/mol. The van der Waals surface area contributed by atoms with E-state index in [1.54, 1.807) is 12.1 Å². The van der Waals surface area contributed by atoms with Gasteiger partial charge in [-0.2, -0.15) is 0 Å². The van der Waals surface area contributed by atoms with Crippen LogP contribution in [0.25, 0.3) is 0 Å².